The number of carbonyl (C=O) groups excluding carboxylic acids is 1. The lowest BCUT2D eigenvalue weighted by Gasteiger charge is -2.32. The molecule has 2 fully saturated rings. The first-order valence-electron chi connectivity index (χ1n) is 11.5. The lowest BCUT2D eigenvalue weighted by atomic mass is 9.96. The Morgan fingerprint density at radius 1 is 0.971 bits per heavy atom. The van der Waals surface area contributed by atoms with Crippen LogP contribution in [0.25, 0.3) is 5.65 Å². The molecule has 3 aromatic rings. The van der Waals surface area contributed by atoms with Crippen LogP contribution < -0.4 is 15.0 Å². The Morgan fingerprint density at radius 3 is 2.35 bits per heavy atom. The van der Waals surface area contributed by atoms with Gasteiger partial charge in [-0.25, -0.2) is 0 Å². The van der Waals surface area contributed by atoms with E-state index in [2.05, 4.69) is 20.6 Å². The molecule has 1 aromatic carbocycles. The van der Waals surface area contributed by atoms with Gasteiger partial charge in [0.25, 0.3) is 5.82 Å². The maximum Gasteiger partial charge on any atom is 0.453 e. The number of halogens is 3. The minimum absolute atomic E-state index is 0.0324. The Bertz CT molecular complexity index is 1150. The van der Waals surface area contributed by atoms with Gasteiger partial charge in [0, 0.05) is 24.7 Å². The van der Waals surface area contributed by atoms with Crippen LogP contribution in [0.5, 0.6) is 5.75 Å². The van der Waals surface area contributed by atoms with E-state index in [1.54, 1.807) is 6.07 Å². The first-order chi connectivity index (χ1) is 16.4. The van der Waals surface area contributed by atoms with Gasteiger partial charge in [-0.2, -0.15) is 17.7 Å². The van der Waals surface area contributed by atoms with Gasteiger partial charge in [0.15, 0.2) is 5.65 Å². The normalized spacial score (nSPS) is 17.9. The van der Waals surface area contributed by atoms with Gasteiger partial charge in [-0.05, 0) is 74.9 Å². The van der Waals surface area contributed by atoms with E-state index in [0.29, 0.717) is 42.0 Å². The number of hydrogen-bond acceptors (Lipinski definition) is 6. The van der Waals surface area contributed by atoms with Gasteiger partial charge >= 0.3 is 6.18 Å². The summed E-state index contributed by atoms with van der Waals surface area (Å²) in [7, 11) is 0. The second-order valence-electron chi connectivity index (χ2n) is 8.78. The summed E-state index contributed by atoms with van der Waals surface area (Å²) in [6.45, 7) is 1.02. The molecule has 180 valence electrons. The minimum Gasteiger partial charge on any atom is -0.490 e. The van der Waals surface area contributed by atoms with E-state index >= 15 is 0 Å². The number of piperidine rings is 1. The zero-order chi connectivity index (χ0) is 23.7. The van der Waals surface area contributed by atoms with E-state index in [9.17, 15) is 18.0 Å². The van der Waals surface area contributed by atoms with E-state index in [-0.39, 0.29) is 23.6 Å². The Kier molecular flexibility index (Phi) is 6.01. The number of hydrogen-bond donors (Lipinski definition) is 1. The van der Waals surface area contributed by atoms with Crippen LogP contribution in [0, 0.1) is 5.92 Å². The number of anilines is 2. The standard InChI is InChI=1S/C23H25F3N6O2/c24-23(25,26)22-29-28-19-9-10-20(30-32(19)22)31-13-11-15(12-14-31)21(33)27-16-5-7-18(8-6-16)34-17-3-1-2-4-17/h5-10,15,17H,1-4,11-14H2,(H,27,33). The summed E-state index contributed by atoms with van der Waals surface area (Å²) in [5, 5.41) is 13.8. The van der Waals surface area contributed by atoms with Gasteiger partial charge < -0.3 is 15.0 Å². The lowest BCUT2D eigenvalue weighted by molar-refractivity contribution is -0.146. The van der Waals surface area contributed by atoms with Gasteiger partial charge in [0.1, 0.15) is 11.6 Å². The summed E-state index contributed by atoms with van der Waals surface area (Å²) in [5.74, 6) is -0.196. The van der Waals surface area contributed by atoms with Crippen molar-refractivity contribution in [3.8, 4) is 5.75 Å². The molecule has 0 bridgehead atoms. The van der Waals surface area contributed by atoms with Crippen LogP contribution in [0.2, 0.25) is 0 Å². The molecule has 2 aliphatic rings. The molecule has 1 aliphatic heterocycles. The summed E-state index contributed by atoms with van der Waals surface area (Å²) in [6, 6.07) is 10.5. The molecule has 5 rings (SSSR count). The van der Waals surface area contributed by atoms with Crippen LogP contribution >= 0.6 is 0 Å². The molecule has 11 heteroatoms. The number of rotatable bonds is 5. The summed E-state index contributed by atoms with van der Waals surface area (Å²) < 4.78 is 46.1. The Balaban J connectivity index is 1.17. The predicted molar refractivity (Wildman–Crippen MR) is 119 cm³/mol. The molecule has 2 aromatic heterocycles. The van der Waals surface area contributed by atoms with E-state index in [1.165, 1.54) is 18.9 Å². The van der Waals surface area contributed by atoms with Crippen molar-refractivity contribution in [2.75, 3.05) is 23.3 Å². The van der Waals surface area contributed by atoms with Gasteiger partial charge in [-0.3, -0.25) is 4.79 Å². The summed E-state index contributed by atoms with van der Waals surface area (Å²) in [4.78, 5) is 14.6. The quantitative estimate of drug-likeness (QED) is 0.593. The van der Waals surface area contributed by atoms with Gasteiger partial charge in [0.05, 0.1) is 6.10 Å². The highest BCUT2D eigenvalue weighted by molar-refractivity contribution is 5.92. The maximum atomic E-state index is 13.1. The first-order valence-corrected chi connectivity index (χ1v) is 11.5. The van der Waals surface area contributed by atoms with Gasteiger partial charge in [-0.15, -0.1) is 15.3 Å². The molecule has 1 saturated carbocycles. The Hall–Kier alpha value is -3.37. The average Bonchev–Trinajstić information content (AvgIpc) is 3.49. The third-order valence-corrected chi connectivity index (χ3v) is 6.42. The summed E-state index contributed by atoms with van der Waals surface area (Å²) >= 11 is 0. The van der Waals surface area contributed by atoms with Gasteiger partial charge in [0.2, 0.25) is 5.91 Å². The second kappa shape index (κ2) is 9.11. The van der Waals surface area contributed by atoms with Crippen LogP contribution in [0.3, 0.4) is 0 Å². The highest BCUT2D eigenvalue weighted by Gasteiger charge is 2.38. The zero-order valence-electron chi connectivity index (χ0n) is 18.5. The van der Waals surface area contributed by atoms with E-state index in [0.717, 1.165) is 18.6 Å². The van der Waals surface area contributed by atoms with Crippen molar-refractivity contribution in [2.45, 2.75) is 50.8 Å². The fourth-order valence-electron chi connectivity index (χ4n) is 4.56. The Morgan fingerprint density at radius 2 is 1.68 bits per heavy atom. The molecule has 8 nitrogen and oxygen atoms in total. The van der Waals surface area contributed by atoms with Crippen molar-refractivity contribution in [1.29, 1.82) is 0 Å². The fraction of sp³-hybridized carbons (Fsp3) is 0.478. The number of nitrogens with zero attached hydrogens (tertiary/aromatic N) is 5. The predicted octanol–water partition coefficient (Wildman–Crippen LogP) is 4.32. The molecule has 1 aliphatic carbocycles. The first kappa shape index (κ1) is 22.4. The maximum absolute atomic E-state index is 13.1. The number of ether oxygens (including phenoxy) is 1. The lowest BCUT2D eigenvalue weighted by Crippen LogP contribution is -2.38. The van der Waals surface area contributed by atoms with E-state index < -0.39 is 12.0 Å². The van der Waals surface area contributed by atoms with Crippen molar-refractivity contribution in [2.24, 2.45) is 5.92 Å². The van der Waals surface area contributed by atoms with Gasteiger partial charge in [-0.1, -0.05) is 0 Å². The number of benzene rings is 1. The highest BCUT2D eigenvalue weighted by atomic mass is 19.4. The zero-order valence-corrected chi connectivity index (χ0v) is 18.5. The molecule has 0 radical (unpaired) electrons. The van der Waals surface area contributed by atoms with Crippen molar-refractivity contribution in [1.82, 2.24) is 19.8 Å². The van der Waals surface area contributed by atoms with Crippen molar-refractivity contribution >= 4 is 23.1 Å². The third-order valence-electron chi connectivity index (χ3n) is 6.42. The summed E-state index contributed by atoms with van der Waals surface area (Å²) in [6.07, 6.45) is 1.37. The molecular weight excluding hydrogens is 449 g/mol. The summed E-state index contributed by atoms with van der Waals surface area (Å²) in [5.41, 5.74) is 0.746. The SMILES string of the molecule is O=C(Nc1ccc(OC2CCCC2)cc1)C1CCN(c2ccc3nnc(C(F)(F)F)n3n2)CC1. The third kappa shape index (κ3) is 4.78. The van der Waals surface area contributed by atoms with Crippen LogP contribution in [-0.2, 0) is 11.0 Å². The van der Waals surface area contributed by atoms with E-state index in [1.807, 2.05) is 29.2 Å². The molecule has 0 unspecified atom stereocenters. The van der Waals surface area contributed by atoms with Crippen LogP contribution in [-0.4, -0.2) is 44.9 Å². The molecule has 1 saturated heterocycles. The minimum atomic E-state index is -4.64. The second-order valence-corrected chi connectivity index (χ2v) is 8.78. The Labute approximate surface area is 194 Å². The molecule has 1 amide bonds. The van der Waals surface area contributed by atoms with Crippen LogP contribution in [0.1, 0.15) is 44.3 Å². The van der Waals surface area contributed by atoms with Crippen LogP contribution in [0.15, 0.2) is 36.4 Å². The topological polar surface area (TPSA) is 84.6 Å². The molecular formula is C23H25F3N6O2. The van der Waals surface area contributed by atoms with Crippen molar-refractivity contribution < 1.29 is 22.7 Å². The largest absolute Gasteiger partial charge is 0.490 e. The van der Waals surface area contributed by atoms with Crippen molar-refractivity contribution in [3.05, 3.63) is 42.2 Å². The number of nitrogens with one attached hydrogen (secondary N) is 1. The highest BCUT2D eigenvalue weighted by Crippen LogP contribution is 2.29. The monoisotopic (exact) mass is 474 g/mol. The smallest absolute Gasteiger partial charge is 0.453 e. The fourth-order valence-corrected chi connectivity index (χ4v) is 4.56. The number of carbonyl (C=O) groups is 1. The van der Waals surface area contributed by atoms with Crippen LogP contribution in [0.4, 0.5) is 24.7 Å². The van der Waals surface area contributed by atoms with Crippen molar-refractivity contribution in [3.63, 3.8) is 0 Å². The molecule has 34 heavy (non-hydrogen) atoms. The van der Waals surface area contributed by atoms with E-state index in [4.69, 9.17) is 4.74 Å². The number of alkyl halides is 3. The molecule has 1 N–H and O–H groups in total. The average molecular weight is 474 g/mol. The number of aromatic nitrogens is 4. The number of amides is 1. The molecule has 0 atom stereocenters. The molecule has 3 heterocycles. The molecule has 0 spiro atoms. The number of fused-ring (bicyclic) bond motifs is 1.